The number of rotatable bonds is 7. The van der Waals surface area contributed by atoms with Crippen LogP contribution in [0.4, 0.5) is 10.9 Å². The number of nitrogens with one attached hydrogen (secondary N) is 1. The third kappa shape index (κ3) is 5.85. The van der Waals surface area contributed by atoms with Crippen molar-refractivity contribution in [2.75, 3.05) is 16.8 Å². The average molecular weight is 620 g/mol. The maximum Gasteiger partial charge on any atom is 0.355 e. The van der Waals surface area contributed by atoms with Crippen LogP contribution in [0.25, 0.3) is 21.3 Å². The molecule has 5 aromatic rings. The van der Waals surface area contributed by atoms with Gasteiger partial charge in [-0.2, -0.15) is 0 Å². The maximum atomic E-state index is 13.5. The molecule has 1 aliphatic carbocycles. The van der Waals surface area contributed by atoms with Gasteiger partial charge in [0.05, 0.1) is 10.2 Å². The molecule has 2 aromatic carbocycles. The number of carboxylic acids is 1. The Hall–Kier alpha value is -4.83. The van der Waals surface area contributed by atoms with E-state index in [1.807, 2.05) is 72.5 Å². The molecule has 0 atom stereocenters. The predicted octanol–water partition coefficient (Wildman–Crippen LogP) is 7.29. The molecule has 4 heterocycles. The standard InChI is InChI=1S/C35H33N5O4S/c1-21-24(16-18-36-33(21)44-23-9-3-2-4-10-23)25-14-15-30(38-31(25)34(42)43)40-19-17-22-8-7-11-26(27(22)20-40)32(41)39-35-37-28-12-5-6-13-29(28)45-35/h5-8,11-16,18,23H,2-4,9-10,17,19-20H2,1H3,(H,42,43)(H,37,39,41). The molecule has 1 aliphatic heterocycles. The van der Waals surface area contributed by atoms with Gasteiger partial charge in [-0.05, 0) is 92.1 Å². The highest BCUT2D eigenvalue weighted by atomic mass is 32.1. The number of carbonyl (C=O) groups excluding carboxylic acids is 1. The van der Waals surface area contributed by atoms with Gasteiger partial charge in [0.1, 0.15) is 11.9 Å². The first-order valence-corrected chi connectivity index (χ1v) is 16.2. The van der Waals surface area contributed by atoms with Crippen molar-refractivity contribution in [2.45, 2.75) is 58.1 Å². The number of hydrogen-bond acceptors (Lipinski definition) is 8. The SMILES string of the molecule is Cc1c(-c2ccc(N3CCc4cccc(C(=O)Nc5nc6ccccc6s5)c4C3)nc2C(=O)O)ccnc1OC1CCCCC1. The molecule has 2 N–H and O–H groups in total. The van der Waals surface area contributed by atoms with Crippen molar-refractivity contribution in [2.24, 2.45) is 0 Å². The minimum atomic E-state index is -1.11. The van der Waals surface area contributed by atoms with Crippen molar-refractivity contribution in [1.29, 1.82) is 0 Å². The first-order valence-electron chi connectivity index (χ1n) is 15.3. The fraction of sp³-hybridized carbons (Fsp3) is 0.286. The van der Waals surface area contributed by atoms with Crippen LogP contribution in [0, 0.1) is 6.92 Å². The molecule has 2 aliphatic rings. The van der Waals surface area contributed by atoms with Gasteiger partial charge in [-0.25, -0.2) is 19.7 Å². The number of thiazole rings is 1. The Labute approximate surface area is 264 Å². The molecule has 0 bridgehead atoms. The van der Waals surface area contributed by atoms with Crippen molar-refractivity contribution in [3.63, 3.8) is 0 Å². The highest BCUT2D eigenvalue weighted by Crippen LogP contribution is 2.35. The van der Waals surface area contributed by atoms with Crippen molar-refractivity contribution < 1.29 is 19.4 Å². The number of carboxylic acid groups (broad SMARTS) is 1. The third-order valence-electron chi connectivity index (χ3n) is 8.72. The summed E-state index contributed by atoms with van der Waals surface area (Å²) in [6.07, 6.45) is 8.04. The number of aromatic carboxylic acids is 1. The Balaban J connectivity index is 1.15. The van der Waals surface area contributed by atoms with Gasteiger partial charge >= 0.3 is 5.97 Å². The molecule has 1 amide bonds. The van der Waals surface area contributed by atoms with Gasteiger partial charge in [-0.1, -0.05) is 42.0 Å². The average Bonchev–Trinajstić information content (AvgIpc) is 3.48. The van der Waals surface area contributed by atoms with Crippen LogP contribution in [-0.2, 0) is 13.0 Å². The highest BCUT2D eigenvalue weighted by molar-refractivity contribution is 7.22. The summed E-state index contributed by atoms with van der Waals surface area (Å²) >= 11 is 1.44. The van der Waals surface area contributed by atoms with Crippen LogP contribution < -0.4 is 15.0 Å². The van der Waals surface area contributed by atoms with Crippen LogP contribution in [0.1, 0.15) is 69.6 Å². The van der Waals surface area contributed by atoms with E-state index in [0.29, 0.717) is 47.5 Å². The molecule has 45 heavy (non-hydrogen) atoms. The number of carbonyl (C=O) groups is 2. The maximum absolute atomic E-state index is 13.5. The number of para-hydroxylation sites is 1. The van der Waals surface area contributed by atoms with Crippen LogP contribution in [-0.4, -0.2) is 44.6 Å². The fourth-order valence-electron chi connectivity index (χ4n) is 6.35. The smallest absolute Gasteiger partial charge is 0.355 e. The first kappa shape index (κ1) is 28.9. The van der Waals surface area contributed by atoms with Crippen LogP contribution in [0.15, 0.2) is 66.9 Å². The topological polar surface area (TPSA) is 118 Å². The summed E-state index contributed by atoms with van der Waals surface area (Å²) in [7, 11) is 0. The molecular weight excluding hydrogens is 586 g/mol. The van der Waals surface area contributed by atoms with E-state index < -0.39 is 5.97 Å². The van der Waals surface area contributed by atoms with Crippen molar-refractivity contribution in [3.05, 3.63) is 94.8 Å². The van der Waals surface area contributed by atoms with Crippen molar-refractivity contribution in [3.8, 4) is 17.0 Å². The minimum absolute atomic E-state index is 0.0296. The Kier molecular flexibility index (Phi) is 7.89. The van der Waals surface area contributed by atoms with Gasteiger partial charge in [0, 0.05) is 36.0 Å². The van der Waals surface area contributed by atoms with Crippen molar-refractivity contribution in [1.82, 2.24) is 15.0 Å². The third-order valence-corrected chi connectivity index (χ3v) is 9.67. The fourth-order valence-corrected chi connectivity index (χ4v) is 7.21. The van der Waals surface area contributed by atoms with E-state index in [1.165, 1.54) is 17.8 Å². The number of pyridine rings is 2. The zero-order valence-corrected chi connectivity index (χ0v) is 25.8. The minimum Gasteiger partial charge on any atom is -0.476 e. The number of benzene rings is 2. The molecule has 1 saturated carbocycles. The summed E-state index contributed by atoms with van der Waals surface area (Å²) in [6.45, 7) is 3.00. The lowest BCUT2D eigenvalue weighted by Crippen LogP contribution is -2.33. The Bertz CT molecular complexity index is 1880. The van der Waals surface area contributed by atoms with E-state index in [4.69, 9.17) is 4.74 Å². The summed E-state index contributed by atoms with van der Waals surface area (Å²) < 4.78 is 7.27. The predicted molar refractivity (Wildman–Crippen MR) is 175 cm³/mol. The van der Waals surface area contributed by atoms with E-state index in [0.717, 1.165) is 58.2 Å². The molecular formula is C35H33N5O4S. The number of nitrogens with zero attached hydrogens (tertiary/aromatic N) is 4. The van der Waals surface area contributed by atoms with E-state index in [9.17, 15) is 14.7 Å². The molecule has 0 spiro atoms. The number of amides is 1. The second-order valence-corrected chi connectivity index (χ2v) is 12.6. The van der Waals surface area contributed by atoms with Crippen LogP contribution in [0.3, 0.4) is 0 Å². The molecule has 7 rings (SSSR count). The lowest BCUT2D eigenvalue weighted by molar-refractivity contribution is 0.0691. The van der Waals surface area contributed by atoms with Crippen LogP contribution >= 0.6 is 11.3 Å². The zero-order chi connectivity index (χ0) is 30.9. The quantitative estimate of drug-likeness (QED) is 0.195. The van der Waals surface area contributed by atoms with E-state index >= 15 is 0 Å². The second kappa shape index (κ2) is 12.3. The number of fused-ring (bicyclic) bond motifs is 2. The normalized spacial score (nSPS) is 15.1. The van der Waals surface area contributed by atoms with Gasteiger partial charge in [-0.15, -0.1) is 0 Å². The van der Waals surface area contributed by atoms with Gasteiger partial charge in [0.2, 0.25) is 5.88 Å². The van der Waals surface area contributed by atoms with Gasteiger partial charge in [0.15, 0.2) is 10.8 Å². The molecule has 1 fully saturated rings. The molecule has 0 saturated heterocycles. The number of hydrogen-bond donors (Lipinski definition) is 2. The number of aromatic nitrogens is 3. The summed E-state index contributed by atoms with van der Waals surface area (Å²) in [6, 6.07) is 19.0. The molecule has 10 heteroatoms. The van der Waals surface area contributed by atoms with E-state index in [2.05, 4.69) is 20.3 Å². The molecule has 3 aromatic heterocycles. The van der Waals surface area contributed by atoms with Gasteiger partial charge < -0.3 is 14.7 Å². The summed E-state index contributed by atoms with van der Waals surface area (Å²) in [5, 5.41) is 13.8. The first-order chi connectivity index (χ1) is 21.9. The molecule has 9 nitrogen and oxygen atoms in total. The van der Waals surface area contributed by atoms with Gasteiger partial charge in [0.25, 0.3) is 5.91 Å². The van der Waals surface area contributed by atoms with E-state index in [1.54, 1.807) is 6.20 Å². The number of ether oxygens (including phenoxy) is 1. The molecule has 0 unspecified atom stereocenters. The summed E-state index contributed by atoms with van der Waals surface area (Å²) in [4.78, 5) is 41.7. The Morgan fingerprint density at radius 2 is 1.82 bits per heavy atom. The number of anilines is 2. The van der Waals surface area contributed by atoms with Crippen LogP contribution in [0.5, 0.6) is 5.88 Å². The summed E-state index contributed by atoms with van der Waals surface area (Å²) in [5.74, 6) is -0.231. The molecule has 228 valence electrons. The van der Waals surface area contributed by atoms with Gasteiger partial charge in [-0.3, -0.25) is 10.1 Å². The van der Waals surface area contributed by atoms with E-state index in [-0.39, 0.29) is 17.7 Å². The largest absolute Gasteiger partial charge is 0.476 e. The zero-order valence-electron chi connectivity index (χ0n) is 25.0. The van der Waals surface area contributed by atoms with Crippen molar-refractivity contribution >= 4 is 44.4 Å². The summed E-state index contributed by atoms with van der Waals surface area (Å²) in [5.41, 5.74) is 5.45. The second-order valence-electron chi connectivity index (χ2n) is 11.6. The Morgan fingerprint density at radius 1 is 0.978 bits per heavy atom. The Morgan fingerprint density at radius 3 is 2.64 bits per heavy atom. The highest BCUT2D eigenvalue weighted by Gasteiger charge is 2.26. The monoisotopic (exact) mass is 619 g/mol. The van der Waals surface area contributed by atoms with Crippen LogP contribution in [0.2, 0.25) is 0 Å². The lowest BCUT2D eigenvalue weighted by Gasteiger charge is -2.31. The molecule has 0 radical (unpaired) electrons. The lowest BCUT2D eigenvalue weighted by atomic mass is 9.94.